The van der Waals surface area contributed by atoms with Crippen molar-refractivity contribution in [3.63, 3.8) is 0 Å². The van der Waals surface area contributed by atoms with E-state index in [0.29, 0.717) is 11.4 Å². The summed E-state index contributed by atoms with van der Waals surface area (Å²) < 4.78 is 5.32. The van der Waals surface area contributed by atoms with Crippen molar-refractivity contribution in [2.45, 2.75) is 6.04 Å². The molecular formula is C9H10N2O2. The molecule has 0 aromatic heterocycles. The van der Waals surface area contributed by atoms with Crippen molar-refractivity contribution < 1.29 is 9.53 Å². The molecule has 1 heterocycles. The molecule has 1 aromatic rings. The summed E-state index contributed by atoms with van der Waals surface area (Å²) in [5, 5.41) is 2.68. The highest BCUT2D eigenvalue weighted by molar-refractivity contribution is 5.96. The molecule has 1 unspecified atom stereocenters. The lowest BCUT2D eigenvalue weighted by Gasteiger charge is -2.04. The van der Waals surface area contributed by atoms with E-state index in [-0.39, 0.29) is 12.5 Å². The fraction of sp³-hybridized carbons (Fsp3) is 0.222. The largest absolute Gasteiger partial charge is 0.489 e. The molecule has 1 amide bonds. The van der Waals surface area contributed by atoms with Crippen LogP contribution in [0.5, 0.6) is 5.75 Å². The van der Waals surface area contributed by atoms with Gasteiger partial charge in [0, 0.05) is 0 Å². The number of nitrogens with one attached hydrogen (secondary N) is 1. The Bertz CT molecular complexity index is 338. The second kappa shape index (κ2) is 3.06. The van der Waals surface area contributed by atoms with Crippen LogP contribution < -0.4 is 15.8 Å². The van der Waals surface area contributed by atoms with Gasteiger partial charge in [0.1, 0.15) is 18.4 Å². The number of carbonyl (C=O) groups excluding carboxylic acids is 1. The van der Waals surface area contributed by atoms with Crippen LogP contribution in [0.15, 0.2) is 24.3 Å². The second-order valence-electron chi connectivity index (χ2n) is 2.90. The standard InChI is InChI=1S/C9H10N2O2/c10-6-5-13-8-4-2-1-3-7(8)11-9(6)12/h1-4,6H,5,10H2,(H,11,12). The lowest BCUT2D eigenvalue weighted by atomic mass is 10.3. The van der Waals surface area contributed by atoms with Gasteiger partial charge < -0.3 is 15.8 Å². The van der Waals surface area contributed by atoms with Crippen molar-refractivity contribution in [3.8, 4) is 5.75 Å². The fourth-order valence-corrected chi connectivity index (χ4v) is 1.18. The number of nitrogens with two attached hydrogens (primary N) is 1. The van der Waals surface area contributed by atoms with Crippen LogP contribution in [0.2, 0.25) is 0 Å². The summed E-state index contributed by atoms with van der Waals surface area (Å²) >= 11 is 0. The predicted octanol–water partition coefficient (Wildman–Crippen LogP) is 0.345. The van der Waals surface area contributed by atoms with Crippen LogP contribution in [0, 0.1) is 0 Å². The molecule has 3 N–H and O–H groups in total. The Morgan fingerprint density at radius 3 is 3.08 bits per heavy atom. The Morgan fingerprint density at radius 1 is 1.46 bits per heavy atom. The summed E-state index contributed by atoms with van der Waals surface area (Å²) in [7, 11) is 0. The van der Waals surface area contributed by atoms with Crippen molar-refractivity contribution in [1.29, 1.82) is 0 Å². The average molecular weight is 178 g/mol. The number of amides is 1. The smallest absolute Gasteiger partial charge is 0.244 e. The molecule has 0 bridgehead atoms. The highest BCUT2D eigenvalue weighted by Gasteiger charge is 2.20. The van der Waals surface area contributed by atoms with Crippen LogP contribution in [0.3, 0.4) is 0 Å². The molecule has 0 spiro atoms. The van der Waals surface area contributed by atoms with E-state index in [0.717, 1.165) is 0 Å². The van der Waals surface area contributed by atoms with Crippen LogP contribution in [0.1, 0.15) is 0 Å². The number of hydrogen-bond donors (Lipinski definition) is 2. The summed E-state index contributed by atoms with van der Waals surface area (Å²) in [6.45, 7) is 0.225. The molecule has 0 aliphatic carbocycles. The number of anilines is 1. The van der Waals surface area contributed by atoms with E-state index < -0.39 is 6.04 Å². The molecule has 0 radical (unpaired) electrons. The Hall–Kier alpha value is -1.55. The quantitative estimate of drug-likeness (QED) is 0.602. The molecule has 2 rings (SSSR count). The third-order valence-corrected chi connectivity index (χ3v) is 1.90. The maximum absolute atomic E-state index is 11.3. The van der Waals surface area contributed by atoms with E-state index in [4.69, 9.17) is 10.5 Å². The molecule has 68 valence electrons. The van der Waals surface area contributed by atoms with Gasteiger partial charge in [0.25, 0.3) is 0 Å². The van der Waals surface area contributed by atoms with Crippen molar-refractivity contribution in [1.82, 2.24) is 0 Å². The Kier molecular flexibility index (Phi) is 1.90. The van der Waals surface area contributed by atoms with Crippen molar-refractivity contribution in [2.24, 2.45) is 5.73 Å². The normalized spacial score (nSPS) is 21.0. The summed E-state index contributed by atoms with van der Waals surface area (Å²) in [6.07, 6.45) is 0. The minimum absolute atomic E-state index is 0.204. The average Bonchev–Trinajstić information content (AvgIpc) is 2.28. The van der Waals surface area contributed by atoms with Crippen LogP contribution in [-0.4, -0.2) is 18.6 Å². The fourth-order valence-electron chi connectivity index (χ4n) is 1.18. The summed E-state index contributed by atoms with van der Waals surface area (Å²) in [5.74, 6) is 0.466. The third-order valence-electron chi connectivity index (χ3n) is 1.90. The molecule has 1 aliphatic rings. The second-order valence-corrected chi connectivity index (χ2v) is 2.90. The Labute approximate surface area is 75.7 Å². The number of para-hydroxylation sites is 2. The summed E-state index contributed by atoms with van der Waals surface area (Å²) in [4.78, 5) is 11.3. The van der Waals surface area contributed by atoms with Crippen LogP contribution in [0.4, 0.5) is 5.69 Å². The van der Waals surface area contributed by atoms with E-state index >= 15 is 0 Å². The van der Waals surface area contributed by atoms with E-state index in [1.807, 2.05) is 12.1 Å². The van der Waals surface area contributed by atoms with Gasteiger partial charge >= 0.3 is 0 Å². The first kappa shape index (κ1) is 8.07. The predicted molar refractivity (Wildman–Crippen MR) is 48.5 cm³/mol. The topological polar surface area (TPSA) is 64.3 Å². The zero-order chi connectivity index (χ0) is 9.26. The lowest BCUT2D eigenvalue weighted by molar-refractivity contribution is -0.117. The molecule has 13 heavy (non-hydrogen) atoms. The first-order valence-corrected chi connectivity index (χ1v) is 4.05. The van der Waals surface area contributed by atoms with Gasteiger partial charge in [-0.05, 0) is 12.1 Å². The number of fused-ring (bicyclic) bond motifs is 1. The number of hydrogen-bond acceptors (Lipinski definition) is 3. The van der Waals surface area contributed by atoms with E-state index in [9.17, 15) is 4.79 Å². The zero-order valence-electron chi connectivity index (χ0n) is 6.99. The SMILES string of the molecule is NC1COc2ccccc2NC1=O. The van der Waals surface area contributed by atoms with E-state index in [1.54, 1.807) is 12.1 Å². The van der Waals surface area contributed by atoms with Gasteiger partial charge in [0.2, 0.25) is 5.91 Å². The van der Waals surface area contributed by atoms with Gasteiger partial charge in [-0.1, -0.05) is 12.1 Å². The highest BCUT2D eigenvalue weighted by atomic mass is 16.5. The highest BCUT2D eigenvalue weighted by Crippen LogP contribution is 2.25. The molecule has 0 saturated carbocycles. The molecule has 4 heteroatoms. The van der Waals surface area contributed by atoms with Gasteiger partial charge in [-0.15, -0.1) is 0 Å². The molecule has 1 aromatic carbocycles. The first-order chi connectivity index (χ1) is 6.27. The minimum atomic E-state index is -0.590. The third kappa shape index (κ3) is 1.48. The molecular weight excluding hydrogens is 168 g/mol. The lowest BCUT2D eigenvalue weighted by Crippen LogP contribution is -2.38. The van der Waals surface area contributed by atoms with Crippen molar-refractivity contribution in [3.05, 3.63) is 24.3 Å². The van der Waals surface area contributed by atoms with Crippen LogP contribution in [-0.2, 0) is 4.79 Å². The molecule has 0 saturated heterocycles. The maximum atomic E-state index is 11.3. The molecule has 1 aliphatic heterocycles. The van der Waals surface area contributed by atoms with Crippen molar-refractivity contribution >= 4 is 11.6 Å². The zero-order valence-corrected chi connectivity index (χ0v) is 6.99. The van der Waals surface area contributed by atoms with Gasteiger partial charge in [0.05, 0.1) is 5.69 Å². The molecule has 1 atom stereocenters. The number of benzene rings is 1. The maximum Gasteiger partial charge on any atom is 0.244 e. The minimum Gasteiger partial charge on any atom is -0.489 e. The molecule has 4 nitrogen and oxygen atoms in total. The van der Waals surface area contributed by atoms with Crippen LogP contribution >= 0.6 is 0 Å². The first-order valence-electron chi connectivity index (χ1n) is 4.05. The van der Waals surface area contributed by atoms with Gasteiger partial charge in [-0.3, -0.25) is 4.79 Å². The van der Waals surface area contributed by atoms with Gasteiger partial charge in [-0.2, -0.15) is 0 Å². The summed E-state index contributed by atoms with van der Waals surface area (Å²) in [5.41, 5.74) is 6.20. The number of rotatable bonds is 0. The van der Waals surface area contributed by atoms with Gasteiger partial charge in [-0.25, -0.2) is 0 Å². The van der Waals surface area contributed by atoms with E-state index in [2.05, 4.69) is 5.32 Å². The monoisotopic (exact) mass is 178 g/mol. The summed E-state index contributed by atoms with van der Waals surface area (Å²) in [6, 6.07) is 6.67. The Balaban J connectivity index is 2.35. The number of carbonyl (C=O) groups is 1. The van der Waals surface area contributed by atoms with E-state index in [1.165, 1.54) is 0 Å². The van der Waals surface area contributed by atoms with Crippen molar-refractivity contribution in [2.75, 3.05) is 11.9 Å². The molecule has 0 fully saturated rings. The Morgan fingerprint density at radius 2 is 2.23 bits per heavy atom. The number of ether oxygens (including phenoxy) is 1. The van der Waals surface area contributed by atoms with Crippen LogP contribution in [0.25, 0.3) is 0 Å². The van der Waals surface area contributed by atoms with Gasteiger partial charge in [0.15, 0.2) is 0 Å².